The van der Waals surface area contributed by atoms with Crippen LogP contribution in [0.4, 0.5) is 0 Å². The van der Waals surface area contributed by atoms with Crippen LogP contribution in [0.2, 0.25) is 0 Å². The van der Waals surface area contributed by atoms with Gasteiger partial charge in [-0.25, -0.2) is 4.68 Å². The Morgan fingerprint density at radius 3 is 2.79 bits per heavy atom. The Bertz CT molecular complexity index is 527. The summed E-state index contributed by atoms with van der Waals surface area (Å²) in [5.74, 6) is -0.213. The molecule has 0 aromatic carbocycles. The van der Waals surface area contributed by atoms with E-state index >= 15 is 0 Å². The van der Waals surface area contributed by atoms with Crippen LogP contribution in [0.1, 0.15) is 67.9 Å². The van der Waals surface area contributed by atoms with E-state index in [2.05, 4.69) is 20.5 Å². The second-order valence-corrected chi connectivity index (χ2v) is 7.00. The fraction of sp³-hybridized carbons (Fsp3) is 0.824. The zero-order valence-electron chi connectivity index (χ0n) is 14.4. The van der Waals surface area contributed by atoms with Gasteiger partial charge in [-0.2, -0.15) is 0 Å². The van der Waals surface area contributed by atoms with Crippen LogP contribution in [0.3, 0.4) is 0 Å². The standard InChI is InChI=1S/C17H29N5O2/c23-11-5-9-18-17(24)16-13-22(20-19-16)15-8-4-10-21(12-15)14-6-2-1-3-7-14/h13-15,23H,1-12H2,(H,18,24)/t15-/m1/s1. The first-order valence-electron chi connectivity index (χ1n) is 9.33. The SMILES string of the molecule is O=C(NCCCO)c1cn([C@@H]2CCCN(C3CCCCC3)C2)nn1. The summed E-state index contributed by atoms with van der Waals surface area (Å²) >= 11 is 0. The number of carbonyl (C=O) groups excluding carboxylic acids is 1. The van der Waals surface area contributed by atoms with Crippen molar-refractivity contribution >= 4 is 5.91 Å². The number of hydrogen-bond acceptors (Lipinski definition) is 5. The summed E-state index contributed by atoms with van der Waals surface area (Å²) < 4.78 is 1.87. The molecule has 7 nitrogen and oxygen atoms in total. The summed E-state index contributed by atoms with van der Waals surface area (Å²) in [6.07, 6.45) is 11.3. The average molecular weight is 335 g/mol. The van der Waals surface area contributed by atoms with Gasteiger partial charge >= 0.3 is 0 Å². The van der Waals surface area contributed by atoms with Crippen molar-refractivity contribution in [2.75, 3.05) is 26.2 Å². The first kappa shape index (κ1) is 17.4. The number of nitrogens with one attached hydrogen (secondary N) is 1. The molecule has 1 atom stereocenters. The van der Waals surface area contributed by atoms with E-state index in [0.29, 0.717) is 24.7 Å². The highest BCUT2D eigenvalue weighted by Gasteiger charge is 2.28. The molecule has 2 N–H and O–H groups in total. The summed E-state index contributed by atoms with van der Waals surface area (Å²) in [6.45, 7) is 2.73. The second kappa shape index (κ2) is 8.58. The van der Waals surface area contributed by atoms with Crippen LogP contribution in [0.15, 0.2) is 6.20 Å². The first-order chi connectivity index (χ1) is 11.8. The van der Waals surface area contributed by atoms with Crippen LogP contribution in [-0.4, -0.2) is 63.2 Å². The van der Waals surface area contributed by atoms with E-state index in [9.17, 15) is 4.79 Å². The number of aliphatic hydroxyl groups excluding tert-OH is 1. The van der Waals surface area contributed by atoms with Crippen LogP contribution in [0, 0.1) is 0 Å². The molecule has 1 amide bonds. The van der Waals surface area contributed by atoms with Crippen LogP contribution < -0.4 is 5.32 Å². The van der Waals surface area contributed by atoms with Gasteiger partial charge in [-0.3, -0.25) is 9.69 Å². The van der Waals surface area contributed by atoms with E-state index in [1.807, 2.05) is 4.68 Å². The lowest BCUT2D eigenvalue weighted by Gasteiger charge is -2.39. The van der Waals surface area contributed by atoms with E-state index in [4.69, 9.17) is 5.11 Å². The van der Waals surface area contributed by atoms with Crippen molar-refractivity contribution in [1.82, 2.24) is 25.2 Å². The average Bonchev–Trinajstić information content (AvgIpc) is 3.13. The Balaban J connectivity index is 1.56. The highest BCUT2D eigenvalue weighted by molar-refractivity contribution is 5.91. The van der Waals surface area contributed by atoms with Gasteiger partial charge in [0.05, 0.1) is 12.2 Å². The molecule has 1 aromatic rings. The van der Waals surface area contributed by atoms with E-state index in [-0.39, 0.29) is 12.5 Å². The lowest BCUT2D eigenvalue weighted by atomic mass is 9.92. The topological polar surface area (TPSA) is 83.3 Å². The fourth-order valence-electron chi connectivity index (χ4n) is 3.91. The predicted octanol–water partition coefficient (Wildman–Crippen LogP) is 1.36. The molecule has 7 heteroatoms. The molecule has 134 valence electrons. The van der Waals surface area contributed by atoms with Gasteiger partial charge in [0.1, 0.15) is 0 Å². The van der Waals surface area contributed by atoms with Crippen molar-refractivity contribution < 1.29 is 9.90 Å². The quantitative estimate of drug-likeness (QED) is 0.767. The summed E-state index contributed by atoms with van der Waals surface area (Å²) in [5, 5.41) is 19.7. The van der Waals surface area contributed by atoms with E-state index in [1.54, 1.807) is 6.20 Å². The summed E-state index contributed by atoms with van der Waals surface area (Å²) in [7, 11) is 0. The Labute approximate surface area is 143 Å². The van der Waals surface area contributed by atoms with Crippen molar-refractivity contribution in [3.05, 3.63) is 11.9 Å². The molecule has 2 fully saturated rings. The number of hydrogen-bond donors (Lipinski definition) is 2. The number of amides is 1. The lowest BCUT2D eigenvalue weighted by Crippen LogP contribution is -2.44. The minimum absolute atomic E-state index is 0.0754. The lowest BCUT2D eigenvalue weighted by molar-refractivity contribution is 0.0944. The van der Waals surface area contributed by atoms with Gasteiger partial charge in [0, 0.05) is 25.7 Å². The zero-order valence-corrected chi connectivity index (χ0v) is 14.4. The number of rotatable bonds is 6. The van der Waals surface area contributed by atoms with Gasteiger partial charge in [-0.15, -0.1) is 5.10 Å². The Morgan fingerprint density at radius 2 is 2.00 bits per heavy atom. The van der Waals surface area contributed by atoms with Crippen LogP contribution >= 0.6 is 0 Å². The second-order valence-electron chi connectivity index (χ2n) is 7.00. The number of carbonyl (C=O) groups is 1. The molecule has 0 spiro atoms. The van der Waals surface area contributed by atoms with E-state index in [0.717, 1.165) is 19.0 Å². The number of likely N-dealkylation sites (tertiary alicyclic amines) is 1. The molecule has 2 heterocycles. The zero-order chi connectivity index (χ0) is 16.8. The largest absolute Gasteiger partial charge is 0.396 e. The van der Waals surface area contributed by atoms with Crippen molar-refractivity contribution in [1.29, 1.82) is 0 Å². The van der Waals surface area contributed by atoms with Gasteiger partial charge in [0.15, 0.2) is 5.69 Å². The van der Waals surface area contributed by atoms with Crippen molar-refractivity contribution in [2.24, 2.45) is 0 Å². The molecular weight excluding hydrogens is 306 g/mol. The van der Waals surface area contributed by atoms with Crippen molar-refractivity contribution in [2.45, 2.75) is 63.5 Å². The van der Waals surface area contributed by atoms with E-state index in [1.165, 1.54) is 45.1 Å². The maximum absolute atomic E-state index is 12.0. The molecule has 2 aliphatic rings. The summed E-state index contributed by atoms with van der Waals surface area (Å²) in [4.78, 5) is 14.6. The van der Waals surface area contributed by atoms with Crippen molar-refractivity contribution in [3.8, 4) is 0 Å². The third-order valence-corrected chi connectivity index (χ3v) is 5.26. The highest BCUT2D eigenvalue weighted by atomic mass is 16.3. The molecule has 0 radical (unpaired) electrons. The minimum Gasteiger partial charge on any atom is -0.396 e. The predicted molar refractivity (Wildman–Crippen MR) is 90.8 cm³/mol. The Kier molecular flexibility index (Phi) is 6.20. The fourth-order valence-corrected chi connectivity index (χ4v) is 3.91. The monoisotopic (exact) mass is 335 g/mol. The number of aromatic nitrogens is 3. The molecule has 1 aliphatic heterocycles. The van der Waals surface area contributed by atoms with Crippen LogP contribution in [0.25, 0.3) is 0 Å². The number of aliphatic hydroxyl groups is 1. The number of nitrogens with zero attached hydrogens (tertiary/aromatic N) is 4. The minimum atomic E-state index is -0.213. The molecule has 1 aromatic heterocycles. The van der Waals surface area contributed by atoms with Crippen LogP contribution in [-0.2, 0) is 0 Å². The van der Waals surface area contributed by atoms with Gasteiger partial charge < -0.3 is 10.4 Å². The van der Waals surface area contributed by atoms with Crippen molar-refractivity contribution in [3.63, 3.8) is 0 Å². The molecule has 24 heavy (non-hydrogen) atoms. The molecule has 0 bridgehead atoms. The smallest absolute Gasteiger partial charge is 0.273 e. The van der Waals surface area contributed by atoms with Gasteiger partial charge in [-0.1, -0.05) is 24.5 Å². The maximum atomic E-state index is 12.0. The van der Waals surface area contributed by atoms with Gasteiger partial charge in [0.2, 0.25) is 0 Å². The highest BCUT2D eigenvalue weighted by Crippen LogP contribution is 2.28. The molecule has 1 saturated carbocycles. The molecule has 1 saturated heterocycles. The maximum Gasteiger partial charge on any atom is 0.273 e. The third kappa shape index (κ3) is 4.33. The molecule has 0 unspecified atom stereocenters. The summed E-state index contributed by atoms with van der Waals surface area (Å²) in [5.41, 5.74) is 0.364. The Hall–Kier alpha value is -1.47. The molecular formula is C17H29N5O2. The van der Waals surface area contributed by atoms with Crippen LogP contribution in [0.5, 0.6) is 0 Å². The molecule has 3 rings (SSSR count). The Morgan fingerprint density at radius 1 is 1.21 bits per heavy atom. The summed E-state index contributed by atoms with van der Waals surface area (Å²) in [6, 6.07) is 1.04. The van der Waals surface area contributed by atoms with Gasteiger partial charge in [0.25, 0.3) is 5.91 Å². The first-order valence-corrected chi connectivity index (χ1v) is 9.33. The van der Waals surface area contributed by atoms with Gasteiger partial charge in [-0.05, 0) is 38.6 Å². The number of piperidine rings is 1. The normalized spacial score (nSPS) is 23.3. The molecule has 1 aliphatic carbocycles. The third-order valence-electron chi connectivity index (χ3n) is 5.26. The van der Waals surface area contributed by atoms with E-state index < -0.39 is 0 Å².